The number of nitrogens with zero attached hydrogens (tertiary/aromatic N) is 3. The van der Waals surface area contributed by atoms with E-state index in [2.05, 4.69) is 9.97 Å². The topological polar surface area (TPSA) is 49.2 Å². The Morgan fingerprint density at radius 2 is 1.83 bits per heavy atom. The Morgan fingerprint density at radius 3 is 2.48 bits per heavy atom. The van der Waals surface area contributed by atoms with E-state index in [0.717, 1.165) is 6.07 Å². The predicted molar refractivity (Wildman–Crippen MR) is 79.2 cm³/mol. The fraction of sp³-hybridized carbons (Fsp3) is 0.333. The molecule has 1 aromatic heterocycles. The smallest absolute Gasteiger partial charge is 0.391 e. The van der Waals surface area contributed by atoms with E-state index >= 15 is 0 Å². The minimum Gasteiger partial charge on any atom is -0.391 e. The van der Waals surface area contributed by atoms with Crippen molar-refractivity contribution >= 4 is 17.5 Å². The summed E-state index contributed by atoms with van der Waals surface area (Å²) in [6.07, 6.45) is -2.28. The van der Waals surface area contributed by atoms with Crippen molar-refractivity contribution in [3.8, 4) is 0 Å². The summed E-state index contributed by atoms with van der Waals surface area (Å²) in [7, 11) is 0. The Kier molecular flexibility index (Phi) is 4.16. The lowest BCUT2D eigenvalue weighted by atomic mass is 9.97. The molecule has 2 heterocycles. The average molecular weight is 344 g/mol. The van der Waals surface area contributed by atoms with Crippen molar-refractivity contribution in [2.24, 2.45) is 0 Å². The van der Waals surface area contributed by atoms with Crippen molar-refractivity contribution in [2.75, 3.05) is 11.4 Å². The van der Waals surface area contributed by atoms with Crippen molar-refractivity contribution in [3.05, 3.63) is 52.8 Å². The lowest BCUT2D eigenvalue weighted by molar-refractivity contribution is -0.138. The first-order chi connectivity index (χ1) is 10.9. The van der Waals surface area contributed by atoms with E-state index < -0.39 is 23.9 Å². The minimum atomic E-state index is -4.46. The lowest BCUT2D eigenvalue weighted by Gasteiger charge is -2.26. The molecular formula is C15H13ClF3N3O. The zero-order valence-corrected chi connectivity index (χ0v) is 12.6. The highest BCUT2D eigenvalue weighted by Crippen LogP contribution is 2.41. The van der Waals surface area contributed by atoms with Gasteiger partial charge in [-0.15, -0.1) is 0 Å². The maximum atomic E-state index is 13.3. The van der Waals surface area contributed by atoms with Crippen LogP contribution in [0.5, 0.6) is 0 Å². The molecule has 2 atom stereocenters. The molecule has 1 aromatic carbocycles. The van der Waals surface area contributed by atoms with Gasteiger partial charge in [-0.2, -0.15) is 13.2 Å². The third-order valence-electron chi connectivity index (χ3n) is 3.77. The van der Waals surface area contributed by atoms with Gasteiger partial charge in [0.05, 0.1) is 35.1 Å². The molecule has 1 fully saturated rings. The Morgan fingerprint density at radius 1 is 1.17 bits per heavy atom. The SMILES string of the molecule is O[C@H]1C[C@@H](c2ccccc2C(F)(F)F)N(c2ncc(Cl)cn2)C1. The monoisotopic (exact) mass is 343 g/mol. The molecule has 0 aliphatic carbocycles. The summed E-state index contributed by atoms with van der Waals surface area (Å²) in [6.45, 7) is 0.165. The number of hydrogen-bond acceptors (Lipinski definition) is 4. The number of aromatic nitrogens is 2. The second-order valence-corrected chi connectivity index (χ2v) is 5.78. The standard InChI is InChI=1S/C15H13ClF3N3O/c16-9-6-20-14(21-7-9)22-8-10(23)5-13(22)11-3-1-2-4-12(11)15(17,18)19/h1-4,6-7,10,13,23H,5,8H2/t10-,13-/m0/s1. The lowest BCUT2D eigenvalue weighted by Crippen LogP contribution is -2.27. The molecule has 0 amide bonds. The highest BCUT2D eigenvalue weighted by molar-refractivity contribution is 6.30. The molecule has 1 saturated heterocycles. The quantitative estimate of drug-likeness (QED) is 0.907. The molecule has 0 radical (unpaired) electrons. The van der Waals surface area contributed by atoms with Crippen LogP contribution in [0, 0.1) is 0 Å². The highest BCUT2D eigenvalue weighted by Gasteiger charge is 2.40. The minimum absolute atomic E-state index is 0.107. The van der Waals surface area contributed by atoms with Crippen molar-refractivity contribution in [2.45, 2.75) is 24.7 Å². The third-order valence-corrected chi connectivity index (χ3v) is 3.96. The van der Waals surface area contributed by atoms with E-state index in [1.54, 1.807) is 11.0 Å². The van der Waals surface area contributed by atoms with E-state index in [9.17, 15) is 18.3 Å². The summed E-state index contributed by atoms with van der Waals surface area (Å²) < 4.78 is 39.8. The van der Waals surface area contributed by atoms with Crippen LogP contribution in [0.3, 0.4) is 0 Å². The zero-order valence-electron chi connectivity index (χ0n) is 11.8. The molecule has 2 aromatic rings. The maximum Gasteiger partial charge on any atom is 0.416 e. The Hall–Kier alpha value is -1.86. The van der Waals surface area contributed by atoms with Crippen LogP contribution >= 0.6 is 11.6 Å². The van der Waals surface area contributed by atoms with Crippen molar-refractivity contribution in [1.82, 2.24) is 9.97 Å². The summed E-state index contributed by atoms with van der Waals surface area (Å²) >= 11 is 5.74. The molecule has 23 heavy (non-hydrogen) atoms. The van der Waals surface area contributed by atoms with Gasteiger partial charge in [-0.3, -0.25) is 0 Å². The summed E-state index contributed by atoms with van der Waals surface area (Å²) in [6, 6.07) is 4.72. The Labute approximate surface area is 135 Å². The first-order valence-corrected chi connectivity index (χ1v) is 7.32. The molecule has 1 N–H and O–H groups in total. The molecular weight excluding hydrogens is 331 g/mol. The number of halogens is 4. The van der Waals surface area contributed by atoms with Gasteiger partial charge in [-0.25, -0.2) is 9.97 Å². The molecule has 1 aliphatic rings. The van der Waals surface area contributed by atoms with Gasteiger partial charge in [-0.1, -0.05) is 29.8 Å². The number of aliphatic hydroxyl groups excluding tert-OH is 1. The number of benzene rings is 1. The van der Waals surface area contributed by atoms with Gasteiger partial charge in [0.1, 0.15) is 0 Å². The Balaban J connectivity index is 2.02. The van der Waals surface area contributed by atoms with E-state index in [0.29, 0.717) is 5.02 Å². The van der Waals surface area contributed by atoms with Crippen LogP contribution in [-0.2, 0) is 6.18 Å². The van der Waals surface area contributed by atoms with Gasteiger partial charge in [-0.05, 0) is 18.1 Å². The first-order valence-electron chi connectivity index (χ1n) is 6.94. The van der Waals surface area contributed by atoms with E-state index in [-0.39, 0.29) is 24.5 Å². The zero-order chi connectivity index (χ0) is 16.6. The number of anilines is 1. The van der Waals surface area contributed by atoms with Gasteiger partial charge in [0.2, 0.25) is 5.95 Å². The van der Waals surface area contributed by atoms with Crippen LogP contribution in [0.4, 0.5) is 19.1 Å². The van der Waals surface area contributed by atoms with Crippen molar-refractivity contribution < 1.29 is 18.3 Å². The maximum absolute atomic E-state index is 13.3. The number of hydrogen-bond donors (Lipinski definition) is 1. The number of β-amino-alcohol motifs (C(OH)–C–C–N with tert-alkyl or cyclic N) is 1. The summed E-state index contributed by atoms with van der Waals surface area (Å²) in [5, 5.41) is 10.3. The fourth-order valence-corrected chi connectivity index (χ4v) is 2.93. The summed E-state index contributed by atoms with van der Waals surface area (Å²) in [5.41, 5.74) is -0.604. The highest BCUT2D eigenvalue weighted by atomic mass is 35.5. The normalized spacial score (nSPS) is 21.7. The molecule has 0 unspecified atom stereocenters. The number of rotatable bonds is 2. The van der Waals surface area contributed by atoms with Crippen molar-refractivity contribution in [1.29, 1.82) is 0 Å². The van der Waals surface area contributed by atoms with Crippen LogP contribution in [0.2, 0.25) is 5.02 Å². The van der Waals surface area contributed by atoms with E-state index in [1.165, 1.54) is 24.5 Å². The molecule has 1 aliphatic heterocycles. The van der Waals surface area contributed by atoms with Gasteiger partial charge in [0, 0.05) is 6.54 Å². The summed E-state index contributed by atoms with van der Waals surface area (Å²) in [4.78, 5) is 9.68. The van der Waals surface area contributed by atoms with Crippen LogP contribution < -0.4 is 4.90 Å². The third kappa shape index (κ3) is 3.25. The largest absolute Gasteiger partial charge is 0.416 e. The molecule has 0 spiro atoms. The van der Waals surface area contributed by atoms with E-state index in [4.69, 9.17) is 11.6 Å². The second kappa shape index (κ2) is 5.98. The molecule has 8 heteroatoms. The van der Waals surface area contributed by atoms with Crippen LogP contribution in [0.1, 0.15) is 23.6 Å². The van der Waals surface area contributed by atoms with Gasteiger partial charge in [0.15, 0.2) is 0 Å². The van der Waals surface area contributed by atoms with Gasteiger partial charge < -0.3 is 10.0 Å². The molecule has 4 nitrogen and oxygen atoms in total. The summed E-state index contributed by atoms with van der Waals surface area (Å²) in [5.74, 6) is 0.243. The van der Waals surface area contributed by atoms with Crippen LogP contribution in [-0.4, -0.2) is 27.7 Å². The van der Waals surface area contributed by atoms with Crippen LogP contribution in [0.25, 0.3) is 0 Å². The van der Waals surface area contributed by atoms with Gasteiger partial charge >= 0.3 is 6.18 Å². The molecule has 122 valence electrons. The van der Waals surface area contributed by atoms with Gasteiger partial charge in [0.25, 0.3) is 0 Å². The average Bonchev–Trinajstić information content (AvgIpc) is 2.89. The first kappa shape index (κ1) is 16.0. The number of aliphatic hydroxyl groups is 1. The van der Waals surface area contributed by atoms with E-state index in [1.807, 2.05) is 0 Å². The van der Waals surface area contributed by atoms with Crippen LogP contribution in [0.15, 0.2) is 36.7 Å². The predicted octanol–water partition coefficient (Wildman–Crippen LogP) is 3.46. The second-order valence-electron chi connectivity index (χ2n) is 5.34. The fourth-order valence-electron chi connectivity index (χ4n) is 2.83. The van der Waals surface area contributed by atoms with Crippen molar-refractivity contribution in [3.63, 3.8) is 0 Å². The molecule has 3 rings (SSSR count). The molecule has 0 saturated carbocycles. The Bertz CT molecular complexity index is 693. The number of alkyl halides is 3. The molecule has 0 bridgehead atoms.